The summed E-state index contributed by atoms with van der Waals surface area (Å²) in [5.74, 6) is -1.62. The number of nitrogens with zero attached hydrogens (tertiary/aromatic N) is 1. The van der Waals surface area contributed by atoms with Crippen molar-refractivity contribution in [3.05, 3.63) is 86.8 Å². The third-order valence-corrected chi connectivity index (χ3v) is 13.3. The molecule has 8 rings (SSSR count). The lowest BCUT2D eigenvalue weighted by molar-refractivity contribution is -0.141. The number of hydrogen-bond acceptors (Lipinski definition) is 8. The number of H-pyrrole nitrogens is 1. The van der Waals surface area contributed by atoms with Gasteiger partial charge in [-0.2, -0.15) is 0 Å². The Morgan fingerprint density at radius 1 is 0.918 bits per heavy atom. The SMILES string of the molecule is O=C(O)CCCCCN1C(=O)C2C3CC(C2C1=O)C1C3Sc2[nH]c(=O)sc2[C@@H]1c1cccc(OCC(=O)Nc2ccc3ccccc3c2)c1. The second-order valence-corrected chi connectivity index (χ2v) is 15.7. The second kappa shape index (κ2) is 12.8. The maximum Gasteiger partial charge on any atom is 0.305 e. The summed E-state index contributed by atoms with van der Waals surface area (Å²) >= 11 is 2.84. The molecule has 7 atom stereocenters. The largest absolute Gasteiger partial charge is 0.484 e. The first-order valence-electron chi connectivity index (χ1n) is 16.7. The van der Waals surface area contributed by atoms with Crippen LogP contribution in [0.2, 0.25) is 0 Å². The minimum atomic E-state index is -0.844. The summed E-state index contributed by atoms with van der Waals surface area (Å²) < 4.78 is 5.99. The fourth-order valence-corrected chi connectivity index (χ4v) is 11.7. The third kappa shape index (κ3) is 5.74. The average molecular weight is 698 g/mol. The molecule has 49 heavy (non-hydrogen) atoms. The minimum absolute atomic E-state index is 0.00591. The highest BCUT2D eigenvalue weighted by Gasteiger charge is 2.69. The molecule has 2 bridgehead atoms. The van der Waals surface area contributed by atoms with Crippen molar-refractivity contribution in [1.82, 2.24) is 9.88 Å². The van der Waals surface area contributed by atoms with Gasteiger partial charge in [0.25, 0.3) is 5.91 Å². The molecule has 6 unspecified atom stereocenters. The molecule has 12 heteroatoms. The summed E-state index contributed by atoms with van der Waals surface area (Å²) in [5.41, 5.74) is 1.64. The van der Waals surface area contributed by atoms with Crippen molar-refractivity contribution >= 4 is 63.2 Å². The monoisotopic (exact) mass is 697 g/mol. The maximum atomic E-state index is 13.8. The molecule has 3 amide bonds. The van der Waals surface area contributed by atoms with Crippen molar-refractivity contribution in [3.63, 3.8) is 0 Å². The van der Waals surface area contributed by atoms with Crippen LogP contribution in [-0.4, -0.2) is 57.1 Å². The third-order valence-electron chi connectivity index (χ3n) is 10.7. The van der Waals surface area contributed by atoms with Crippen molar-refractivity contribution in [3.8, 4) is 5.75 Å². The molecular formula is C37H35N3O7S2. The molecular weight excluding hydrogens is 663 g/mol. The van der Waals surface area contributed by atoms with Crippen molar-refractivity contribution in [2.45, 2.75) is 48.3 Å². The van der Waals surface area contributed by atoms with E-state index < -0.39 is 5.97 Å². The van der Waals surface area contributed by atoms with E-state index in [0.717, 1.165) is 32.7 Å². The molecule has 2 aliphatic heterocycles. The number of nitrogens with one attached hydrogen (secondary N) is 2. The number of aromatic nitrogens is 1. The van der Waals surface area contributed by atoms with Crippen LogP contribution in [0.25, 0.3) is 10.8 Å². The van der Waals surface area contributed by atoms with Gasteiger partial charge in [0.05, 0.1) is 16.9 Å². The van der Waals surface area contributed by atoms with Crippen LogP contribution in [0, 0.1) is 29.6 Å². The van der Waals surface area contributed by atoms with Crippen molar-refractivity contribution < 1.29 is 29.0 Å². The Balaban J connectivity index is 1.00. The molecule has 3 N–H and O–H groups in total. The smallest absolute Gasteiger partial charge is 0.305 e. The number of hydrogen-bond donors (Lipinski definition) is 3. The lowest BCUT2D eigenvalue weighted by Gasteiger charge is -2.43. The van der Waals surface area contributed by atoms with Crippen LogP contribution >= 0.6 is 23.1 Å². The number of carbonyl (C=O) groups excluding carboxylic acids is 3. The van der Waals surface area contributed by atoms with E-state index in [9.17, 15) is 24.0 Å². The predicted octanol–water partition coefficient (Wildman–Crippen LogP) is 5.73. The van der Waals surface area contributed by atoms with Gasteiger partial charge in [0.1, 0.15) is 5.75 Å². The molecule has 252 valence electrons. The fourth-order valence-electron chi connectivity index (χ4n) is 8.81. The fraction of sp³-hybridized carbons (Fsp3) is 0.378. The summed E-state index contributed by atoms with van der Waals surface area (Å²) in [5, 5.41) is 14.9. The van der Waals surface area contributed by atoms with Gasteiger partial charge in [-0.3, -0.25) is 28.9 Å². The van der Waals surface area contributed by atoms with Crippen LogP contribution < -0.4 is 14.9 Å². The summed E-state index contributed by atoms with van der Waals surface area (Å²) in [6, 6.07) is 21.3. The molecule has 1 saturated heterocycles. The maximum absolute atomic E-state index is 13.8. The van der Waals surface area contributed by atoms with E-state index in [0.29, 0.717) is 37.2 Å². The van der Waals surface area contributed by atoms with Crippen molar-refractivity contribution in [2.24, 2.45) is 29.6 Å². The van der Waals surface area contributed by atoms with Gasteiger partial charge in [-0.1, -0.05) is 60.2 Å². The number of rotatable bonds is 11. The first-order chi connectivity index (χ1) is 23.8. The summed E-state index contributed by atoms with van der Waals surface area (Å²) in [4.78, 5) is 69.2. The van der Waals surface area contributed by atoms with Crippen LogP contribution in [0.15, 0.2) is 76.6 Å². The van der Waals surface area contributed by atoms with E-state index in [1.165, 1.54) is 16.2 Å². The predicted molar refractivity (Wildman–Crippen MR) is 186 cm³/mol. The second-order valence-electron chi connectivity index (χ2n) is 13.5. The quantitative estimate of drug-likeness (QED) is 0.133. The van der Waals surface area contributed by atoms with Gasteiger partial charge >= 0.3 is 10.8 Å². The molecule has 3 heterocycles. The number of aliphatic carboxylic acids is 1. The Bertz CT molecular complexity index is 2040. The molecule has 3 aromatic carbocycles. The van der Waals surface area contributed by atoms with E-state index in [1.807, 2.05) is 66.7 Å². The van der Waals surface area contributed by atoms with Gasteiger partial charge in [-0.05, 0) is 77.6 Å². The standard InChI is InChI=1S/C37H35N3O7S2/c41-26(38-22-13-12-19-7-3-4-8-20(19)15-22)18-47-23-10-6-9-21(16-23)28-29-24-17-25(32(29)48-34-33(28)49-37(46)39-34)31-30(24)35(44)40(36(31)45)14-5-1-2-11-27(42)43/h3-4,6-10,12-13,15-16,24-25,28-32H,1-2,5,11,14,17-18H2,(H,38,41)(H,39,46)(H,42,43)/t24?,25?,28-,29?,30?,31?,32?/m1/s1. The van der Waals surface area contributed by atoms with Gasteiger partial charge in [-0.15, -0.1) is 11.8 Å². The van der Waals surface area contributed by atoms with E-state index in [-0.39, 0.29) is 76.4 Å². The number of carboxylic acids is 1. The van der Waals surface area contributed by atoms with Gasteiger partial charge in [0, 0.05) is 34.7 Å². The van der Waals surface area contributed by atoms with Gasteiger partial charge in [0.15, 0.2) is 6.61 Å². The van der Waals surface area contributed by atoms with Crippen LogP contribution in [0.3, 0.4) is 0 Å². The molecule has 4 aliphatic rings. The number of ether oxygens (including phenoxy) is 1. The molecule has 0 spiro atoms. The topological polar surface area (TPSA) is 146 Å². The number of thiazole rings is 1. The van der Waals surface area contributed by atoms with E-state index in [1.54, 1.807) is 11.8 Å². The zero-order chi connectivity index (χ0) is 33.8. The molecule has 0 radical (unpaired) electrons. The van der Waals surface area contributed by atoms with Gasteiger partial charge in [0.2, 0.25) is 11.8 Å². The van der Waals surface area contributed by atoms with E-state index >= 15 is 0 Å². The lowest BCUT2D eigenvalue weighted by Crippen LogP contribution is -2.42. The first kappa shape index (κ1) is 31.8. The van der Waals surface area contributed by atoms with Crippen molar-refractivity contribution in [2.75, 3.05) is 18.5 Å². The molecule has 1 aromatic heterocycles. The number of amides is 3. The summed E-state index contributed by atoms with van der Waals surface area (Å²) in [6.07, 6.45) is 2.63. The number of benzene rings is 3. The Labute approximate surface area is 290 Å². The zero-order valence-electron chi connectivity index (χ0n) is 26.5. The van der Waals surface area contributed by atoms with Crippen LogP contribution in [0.4, 0.5) is 5.69 Å². The van der Waals surface area contributed by atoms with Gasteiger partial charge in [-0.25, -0.2) is 0 Å². The number of carbonyl (C=O) groups is 4. The minimum Gasteiger partial charge on any atom is -0.484 e. The summed E-state index contributed by atoms with van der Waals surface area (Å²) in [7, 11) is 0. The number of unbranched alkanes of at least 4 members (excludes halogenated alkanes) is 2. The number of aromatic amines is 1. The number of thioether (sulfide) groups is 1. The first-order valence-corrected chi connectivity index (χ1v) is 18.4. The molecule has 3 fully saturated rings. The number of carboxylic acid groups (broad SMARTS) is 1. The highest BCUT2D eigenvalue weighted by Crippen LogP contribution is 2.68. The van der Waals surface area contributed by atoms with Gasteiger partial charge < -0.3 is 20.1 Å². The van der Waals surface area contributed by atoms with E-state index in [2.05, 4.69) is 10.3 Å². The Kier molecular flexibility index (Phi) is 8.31. The highest BCUT2D eigenvalue weighted by atomic mass is 32.2. The zero-order valence-corrected chi connectivity index (χ0v) is 28.1. The Morgan fingerprint density at radius 3 is 2.53 bits per heavy atom. The molecule has 2 aliphatic carbocycles. The molecule has 4 aromatic rings. The van der Waals surface area contributed by atoms with Crippen LogP contribution in [0.5, 0.6) is 5.75 Å². The average Bonchev–Trinajstić information content (AvgIpc) is 3.83. The number of fused-ring (bicyclic) bond motifs is 10. The number of anilines is 1. The molecule has 2 saturated carbocycles. The molecule has 10 nitrogen and oxygen atoms in total. The highest BCUT2D eigenvalue weighted by molar-refractivity contribution is 8.00. The summed E-state index contributed by atoms with van der Waals surface area (Å²) in [6.45, 7) is 0.146. The number of imide groups is 1. The Morgan fingerprint density at radius 2 is 1.71 bits per heavy atom. The number of likely N-dealkylation sites (tertiary alicyclic amines) is 1. The lowest BCUT2D eigenvalue weighted by atomic mass is 9.68. The van der Waals surface area contributed by atoms with Crippen LogP contribution in [0.1, 0.15) is 48.5 Å². The van der Waals surface area contributed by atoms with Crippen LogP contribution in [-0.2, 0) is 19.2 Å². The van der Waals surface area contributed by atoms with E-state index in [4.69, 9.17) is 9.84 Å². The van der Waals surface area contributed by atoms with Crippen molar-refractivity contribution in [1.29, 1.82) is 0 Å². The Hall–Kier alpha value is -4.42. The normalized spacial score (nSPS) is 26.4.